The molecule has 0 aliphatic heterocycles. The fraction of sp³-hybridized carbons (Fsp3) is 0.211. The van der Waals surface area contributed by atoms with Gasteiger partial charge in [-0.1, -0.05) is 45.4 Å². The van der Waals surface area contributed by atoms with Crippen molar-refractivity contribution >= 4 is 21.8 Å². The first-order valence-electron chi connectivity index (χ1n) is 8.39. The van der Waals surface area contributed by atoms with Crippen molar-refractivity contribution in [1.29, 1.82) is 0 Å². The molecule has 0 saturated carbocycles. The quantitative estimate of drug-likeness (QED) is 0.626. The fourth-order valence-electron chi connectivity index (χ4n) is 2.80. The smallest absolute Gasteiger partial charge is 0.350 e. The molecule has 0 aliphatic rings. The zero-order chi connectivity index (χ0) is 20.3. The third-order valence-electron chi connectivity index (χ3n) is 4.17. The fourth-order valence-corrected chi connectivity index (χ4v) is 3.19. The third-order valence-corrected chi connectivity index (χ3v) is 4.66. The molecule has 146 valence electrons. The molecule has 1 N–H and O–H groups in total. The average Bonchev–Trinajstić information content (AvgIpc) is 3.03. The Bertz CT molecular complexity index is 1000. The lowest BCUT2D eigenvalue weighted by Gasteiger charge is -2.12. The first-order chi connectivity index (χ1) is 13.3. The Balaban J connectivity index is 1.69. The summed E-state index contributed by atoms with van der Waals surface area (Å²) in [6.07, 6.45) is -4.37. The monoisotopic (exact) mass is 452 g/mol. The van der Waals surface area contributed by atoms with E-state index in [1.165, 1.54) is 16.8 Å². The van der Waals surface area contributed by atoms with Gasteiger partial charge < -0.3 is 5.32 Å². The Morgan fingerprint density at radius 2 is 1.93 bits per heavy atom. The predicted molar refractivity (Wildman–Crippen MR) is 101 cm³/mol. The lowest BCUT2D eigenvalue weighted by molar-refractivity contribution is -0.138. The minimum absolute atomic E-state index is 0.0507. The van der Waals surface area contributed by atoms with E-state index in [1.54, 1.807) is 13.0 Å². The average molecular weight is 453 g/mol. The van der Waals surface area contributed by atoms with Crippen molar-refractivity contribution < 1.29 is 18.0 Å². The summed E-state index contributed by atoms with van der Waals surface area (Å²) in [5.41, 5.74) is 0.832. The van der Waals surface area contributed by atoms with E-state index in [4.69, 9.17) is 0 Å². The van der Waals surface area contributed by atoms with Crippen LogP contribution in [0, 0.1) is 6.92 Å². The van der Waals surface area contributed by atoms with Crippen LogP contribution in [0.2, 0.25) is 0 Å². The second-order valence-corrected chi connectivity index (χ2v) is 6.99. The van der Waals surface area contributed by atoms with Crippen molar-refractivity contribution in [3.05, 3.63) is 75.5 Å². The molecule has 0 aliphatic carbocycles. The summed E-state index contributed by atoms with van der Waals surface area (Å²) in [4.78, 5) is 12.4. The summed E-state index contributed by atoms with van der Waals surface area (Å²) in [5.74, 6) is -0.483. The molecule has 0 bridgehead atoms. The number of amides is 1. The summed E-state index contributed by atoms with van der Waals surface area (Å²) >= 11 is 3.37. The normalized spacial score (nSPS) is 11.5. The molecule has 0 unspecified atom stereocenters. The molecule has 0 saturated heterocycles. The molecule has 0 spiro atoms. The van der Waals surface area contributed by atoms with E-state index in [-0.39, 0.29) is 24.2 Å². The van der Waals surface area contributed by atoms with E-state index in [0.29, 0.717) is 5.69 Å². The van der Waals surface area contributed by atoms with Gasteiger partial charge in [0.05, 0.1) is 16.9 Å². The lowest BCUT2D eigenvalue weighted by atomic mass is 10.0. The number of carbonyl (C=O) groups is 1. The highest BCUT2D eigenvalue weighted by Crippen LogP contribution is 2.31. The first-order valence-corrected chi connectivity index (χ1v) is 9.18. The van der Waals surface area contributed by atoms with Crippen LogP contribution in [-0.4, -0.2) is 27.4 Å². The number of nitrogens with one attached hydrogen (secondary N) is 1. The number of halogens is 4. The molecule has 3 aromatic rings. The minimum Gasteiger partial charge on any atom is -0.350 e. The van der Waals surface area contributed by atoms with E-state index in [2.05, 4.69) is 31.6 Å². The zero-order valence-corrected chi connectivity index (χ0v) is 16.4. The van der Waals surface area contributed by atoms with Gasteiger partial charge in [0.2, 0.25) is 0 Å². The molecule has 1 amide bonds. The number of nitrogens with zero attached hydrogens (tertiary/aromatic N) is 3. The summed E-state index contributed by atoms with van der Waals surface area (Å²) in [5, 5.41) is 10.5. The van der Waals surface area contributed by atoms with Crippen molar-refractivity contribution in [3.8, 4) is 5.69 Å². The van der Waals surface area contributed by atoms with Crippen LogP contribution >= 0.6 is 15.9 Å². The van der Waals surface area contributed by atoms with E-state index < -0.39 is 17.6 Å². The van der Waals surface area contributed by atoms with Gasteiger partial charge in [-0.05, 0) is 43.2 Å². The summed E-state index contributed by atoms with van der Waals surface area (Å²) in [6.45, 7) is 1.75. The lowest BCUT2D eigenvalue weighted by Crippen LogP contribution is -2.27. The van der Waals surface area contributed by atoms with E-state index in [0.717, 1.165) is 16.2 Å². The van der Waals surface area contributed by atoms with Crippen LogP contribution in [0.5, 0.6) is 0 Å². The van der Waals surface area contributed by atoms with Gasteiger partial charge in [-0.25, -0.2) is 4.68 Å². The molecule has 0 radical (unpaired) electrons. The largest absolute Gasteiger partial charge is 0.416 e. The zero-order valence-electron chi connectivity index (χ0n) is 14.8. The van der Waals surface area contributed by atoms with Crippen LogP contribution in [0.4, 0.5) is 13.2 Å². The Morgan fingerprint density at radius 3 is 2.64 bits per heavy atom. The molecule has 28 heavy (non-hydrogen) atoms. The van der Waals surface area contributed by atoms with Crippen LogP contribution in [0.3, 0.4) is 0 Å². The number of rotatable bonds is 5. The molecule has 0 fully saturated rings. The highest BCUT2D eigenvalue weighted by atomic mass is 79.9. The van der Waals surface area contributed by atoms with E-state index >= 15 is 0 Å². The standard InChI is InChI=1S/C19H16BrF3N4O/c1-12-17(25-26-27(12)15-7-4-6-14(20)11-15)18(28)24-10-9-13-5-2-3-8-16(13)19(21,22)23/h2-8,11H,9-10H2,1H3,(H,24,28). The topological polar surface area (TPSA) is 59.8 Å². The first kappa shape index (κ1) is 20.1. The van der Waals surface area contributed by atoms with Crippen LogP contribution in [0.25, 0.3) is 5.69 Å². The van der Waals surface area contributed by atoms with Gasteiger partial charge in [-0.15, -0.1) is 5.10 Å². The molecule has 1 heterocycles. The van der Waals surface area contributed by atoms with E-state index in [9.17, 15) is 18.0 Å². The molecule has 1 aromatic heterocycles. The summed E-state index contributed by atoms with van der Waals surface area (Å²) in [7, 11) is 0. The van der Waals surface area contributed by atoms with Gasteiger partial charge in [-0.3, -0.25) is 4.79 Å². The SMILES string of the molecule is Cc1c(C(=O)NCCc2ccccc2C(F)(F)F)nnn1-c1cccc(Br)c1. The number of hydrogen-bond acceptors (Lipinski definition) is 3. The van der Waals surface area contributed by atoms with Crippen LogP contribution < -0.4 is 5.32 Å². The Labute approximate surface area is 167 Å². The maximum Gasteiger partial charge on any atom is 0.416 e. The van der Waals surface area contributed by atoms with Crippen LogP contribution in [-0.2, 0) is 12.6 Å². The molecule has 2 aromatic carbocycles. The Kier molecular flexibility index (Phi) is 5.83. The second-order valence-electron chi connectivity index (χ2n) is 6.08. The van der Waals surface area contributed by atoms with Gasteiger partial charge in [-0.2, -0.15) is 13.2 Å². The highest BCUT2D eigenvalue weighted by molar-refractivity contribution is 9.10. The number of hydrogen-bond donors (Lipinski definition) is 1. The maximum absolute atomic E-state index is 13.0. The van der Waals surface area contributed by atoms with Crippen LogP contribution in [0.1, 0.15) is 27.3 Å². The van der Waals surface area contributed by atoms with Gasteiger partial charge >= 0.3 is 6.18 Å². The highest BCUT2D eigenvalue weighted by Gasteiger charge is 2.32. The van der Waals surface area contributed by atoms with E-state index in [1.807, 2.05) is 24.3 Å². The van der Waals surface area contributed by atoms with Crippen molar-refractivity contribution in [2.24, 2.45) is 0 Å². The minimum atomic E-state index is -4.43. The number of alkyl halides is 3. The van der Waals surface area contributed by atoms with Crippen molar-refractivity contribution in [2.45, 2.75) is 19.5 Å². The van der Waals surface area contributed by atoms with Gasteiger partial charge in [0, 0.05) is 11.0 Å². The van der Waals surface area contributed by atoms with Crippen molar-refractivity contribution in [1.82, 2.24) is 20.3 Å². The van der Waals surface area contributed by atoms with Crippen molar-refractivity contribution in [2.75, 3.05) is 6.54 Å². The third kappa shape index (κ3) is 4.41. The van der Waals surface area contributed by atoms with Crippen LogP contribution in [0.15, 0.2) is 53.0 Å². The van der Waals surface area contributed by atoms with Crippen molar-refractivity contribution in [3.63, 3.8) is 0 Å². The maximum atomic E-state index is 13.0. The number of carbonyl (C=O) groups excluding carboxylic acids is 1. The number of benzene rings is 2. The summed E-state index contributed by atoms with van der Waals surface area (Å²) in [6, 6.07) is 12.7. The van der Waals surface area contributed by atoms with Gasteiger partial charge in [0.1, 0.15) is 0 Å². The molecular weight excluding hydrogens is 437 g/mol. The summed E-state index contributed by atoms with van der Waals surface area (Å²) < 4.78 is 41.5. The number of aromatic nitrogens is 3. The predicted octanol–water partition coefficient (Wildman–Crippen LogP) is 4.33. The molecule has 5 nitrogen and oxygen atoms in total. The van der Waals surface area contributed by atoms with Gasteiger partial charge in [0.25, 0.3) is 5.91 Å². The second kappa shape index (κ2) is 8.14. The molecule has 9 heteroatoms. The molecular formula is C19H16BrF3N4O. The Morgan fingerprint density at radius 1 is 1.18 bits per heavy atom. The van der Waals surface area contributed by atoms with Gasteiger partial charge in [0.15, 0.2) is 5.69 Å². The molecule has 0 atom stereocenters. The molecule has 3 rings (SSSR count). The Hall–Kier alpha value is -2.68.